The molecular weight excluding hydrogens is 485 g/mol. The van der Waals surface area contributed by atoms with Gasteiger partial charge in [0.15, 0.2) is 5.82 Å². The van der Waals surface area contributed by atoms with Crippen LogP contribution < -0.4 is 10.6 Å². The normalized spacial score (nSPS) is 21.6. The fourth-order valence-electron chi connectivity index (χ4n) is 5.77. The minimum atomic E-state index is -0.323. The topological polar surface area (TPSA) is 105 Å². The zero-order valence-electron chi connectivity index (χ0n) is 21.6. The maximum atomic E-state index is 13.6. The minimum absolute atomic E-state index is 0.135. The molecular formula is C28H34FN7O2. The molecule has 5 rings (SSSR count). The second-order valence-electron chi connectivity index (χ2n) is 10.4. The lowest BCUT2D eigenvalue weighted by Crippen LogP contribution is -2.52. The van der Waals surface area contributed by atoms with Crippen molar-refractivity contribution in [2.75, 3.05) is 18.4 Å². The van der Waals surface area contributed by atoms with E-state index in [9.17, 15) is 14.0 Å². The number of hydrogen-bond donors (Lipinski definition) is 2. The summed E-state index contributed by atoms with van der Waals surface area (Å²) in [6.45, 7) is 1.45. The highest BCUT2D eigenvalue weighted by atomic mass is 19.1. The number of hydrogen-bond acceptors (Lipinski definition) is 5. The van der Waals surface area contributed by atoms with Crippen molar-refractivity contribution in [2.45, 2.75) is 51.0 Å². The highest BCUT2D eigenvalue weighted by molar-refractivity contribution is 5.91. The first-order valence-electron chi connectivity index (χ1n) is 13.4. The number of likely N-dealkylation sites (tertiary alicyclic amines) is 1. The van der Waals surface area contributed by atoms with Crippen LogP contribution in [-0.2, 0) is 18.3 Å². The van der Waals surface area contributed by atoms with Gasteiger partial charge < -0.3 is 15.5 Å². The van der Waals surface area contributed by atoms with E-state index in [0.717, 1.165) is 62.6 Å². The van der Waals surface area contributed by atoms with Crippen LogP contribution in [-0.4, -0.2) is 56.2 Å². The largest absolute Gasteiger partial charge is 0.342 e. The van der Waals surface area contributed by atoms with Crippen molar-refractivity contribution in [3.63, 3.8) is 0 Å². The number of tetrazole rings is 1. The first-order chi connectivity index (χ1) is 18.5. The Labute approximate surface area is 221 Å². The molecule has 1 aliphatic heterocycles. The van der Waals surface area contributed by atoms with Gasteiger partial charge in [-0.2, -0.15) is 0 Å². The van der Waals surface area contributed by atoms with Gasteiger partial charge in [-0.1, -0.05) is 37.1 Å². The molecule has 3 atom stereocenters. The van der Waals surface area contributed by atoms with Gasteiger partial charge in [-0.15, -0.1) is 5.10 Å². The second kappa shape index (κ2) is 11.7. The number of halogens is 1. The summed E-state index contributed by atoms with van der Waals surface area (Å²) in [4.78, 5) is 28.6. The highest BCUT2D eigenvalue weighted by Crippen LogP contribution is 2.29. The molecule has 9 nitrogen and oxygen atoms in total. The van der Waals surface area contributed by atoms with Crippen LogP contribution in [0.15, 0.2) is 48.5 Å². The number of rotatable bonds is 6. The van der Waals surface area contributed by atoms with Crippen molar-refractivity contribution in [1.29, 1.82) is 0 Å². The first kappa shape index (κ1) is 25.8. The summed E-state index contributed by atoms with van der Waals surface area (Å²) < 4.78 is 14.9. The maximum absolute atomic E-state index is 13.6. The Kier molecular flexibility index (Phi) is 7.95. The molecule has 0 radical (unpaired) electrons. The summed E-state index contributed by atoms with van der Waals surface area (Å²) in [5.74, 6) is 0.634. The van der Waals surface area contributed by atoms with E-state index in [1.807, 2.05) is 41.3 Å². The van der Waals surface area contributed by atoms with Gasteiger partial charge in [0.1, 0.15) is 5.82 Å². The van der Waals surface area contributed by atoms with E-state index >= 15 is 0 Å². The summed E-state index contributed by atoms with van der Waals surface area (Å²) in [5.41, 5.74) is 2.52. The zero-order chi connectivity index (χ0) is 26.5. The van der Waals surface area contributed by atoms with Crippen LogP contribution in [0.5, 0.6) is 0 Å². The third kappa shape index (κ3) is 6.17. The van der Waals surface area contributed by atoms with Crippen molar-refractivity contribution in [2.24, 2.45) is 18.9 Å². The lowest BCUT2D eigenvalue weighted by Gasteiger charge is -2.39. The van der Waals surface area contributed by atoms with E-state index in [1.54, 1.807) is 11.7 Å². The van der Waals surface area contributed by atoms with Crippen LogP contribution in [0.1, 0.15) is 44.1 Å². The van der Waals surface area contributed by atoms with E-state index in [4.69, 9.17) is 0 Å². The number of carbonyl (C=O) groups is 2. The molecule has 0 bridgehead atoms. The molecule has 0 unspecified atom stereocenters. The number of urea groups is 1. The Hall–Kier alpha value is -3.82. The van der Waals surface area contributed by atoms with Gasteiger partial charge in [-0.05, 0) is 78.3 Å². The summed E-state index contributed by atoms with van der Waals surface area (Å²) in [5, 5.41) is 17.5. The maximum Gasteiger partial charge on any atom is 0.319 e. The minimum Gasteiger partial charge on any atom is -0.342 e. The van der Waals surface area contributed by atoms with E-state index in [1.165, 1.54) is 12.1 Å². The van der Waals surface area contributed by atoms with Crippen LogP contribution in [0, 0.1) is 17.7 Å². The van der Waals surface area contributed by atoms with Gasteiger partial charge in [0, 0.05) is 37.4 Å². The first-order valence-corrected chi connectivity index (χ1v) is 13.4. The number of aryl methyl sites for hydroxylation is 1. The van der Waals surface area contributed by atoms with Crippen molar-refractivity contribution in [3.05, 3.63) is 59.9 Å². The van der Waals surface area contributed by atoms with Crippen LogP contribution in [0.25, 0.3) is 11.4 Å². The van der Waals surface area contributed by atoms with Gasteiger partial charge in [-0.25, -0.2) is 13.9 Å². The number of benzene rings is 2. The van der Waals surface area contributed by atoms with E-state index in [0.29, 0.717) is 24.0 Å². The van der Waals surface area contributed by atoms with Crippen molar-refractivity contribution in [1.82, 2.24) is 30.4 Å². The van der Waals surface area contributed by atoms with Crippen molar-refractivity contribution < 1.29 is 14.0 Å². The van der Waals surface area contributed by atoms with Crippen LogP contribution in [0.2, 0.25) is 0 Å². The lowest BCUT2D eigenvalue weighted by atomic mass is 9.82. The smallest absolute Gasteiger partial charge is 0.319 e. The Morgan fingerprint density at radius 2 is 1.87 bits per heavy atom. The number of carbonyl (C=O) groups excluding carboxylic acids is 2. The van der Waals surface area contributed by atoms with Crippen LogP contribution in [0.4, 0.5) is 14.9 Å². The molecule has 38 heavy (non-hydrogen) atoms. The second-order valence-corrected chi connectivity index (χ2v) is 10.4. The summed E-state index contributed by atoms with van der Waals surface area (Å²) in [6, 6.07) is 13.5. The average Bonchev–Trinajstić information content (AvgIpc) is 3.36. The van der Waals surface area contributed by atoms with Gasteiger partial charge in [-0.3, -0.25) is 4.79 Å². The Morgan fingerprint density at radius 3 is 2.66 bits per heavy atom. The average molecular weight is 520 g/mol. The predicted molar refractivity (Wildman–Crippen MR) is 142 cm³/mol. The molecule has 2 N–H and O–H groups in total. The Morgan fingerprint density at radius 1 is 1.05 bits per heavy atom. The van der Waals surface area contributed by atoms with Gasteiger partial charge in [0.25, 0.3) is 0 Å². The number of nitrogens with one attached hydrogen (secondary N) is 2. The van der Waals surface area contributed by atoms with E-state index < -0.39 is 0 Å². The molecule has 1 saturated heterocycles. The van der Waals surface area contributed by atoms with E-state index in [-0.39, 0.29) is 29.7 Å². The molecule has 1 aromatic heterocycles. The number of aromatic nitrogens is 4. The standard InChI is InChI=1S/C28H34FN7O2/c1-35-26(32-33-34-35)21-7-4-8-23(17-21)30-28(38)31-25-10-3-2-9-24(25)27(37)36-15-5-6-20(18-36)16-19-11-13-22(29)14-12-19/h4,7-8,11-14,17,20,24-25H,2-3,5-6,9-10,15-16,18H2,1H3,(H2,30,31,38)/t20-,24+,25+/m0/s1. The Bertz CT molecular complexity index is 1260. The SMILES string of the molecule is Cn1nnnc1-c1cccc(NC(=O)N[C@@H]2CCCC[C@H]2C(=O)N2CCC[C@@H](Cc3ccc(F)cc3)C2)c1. The van der Waals surface area contributed by atoms with Crippen molar-refractivity contribution >= 4 is 17.6 Å². The third-order valence-electron chi connectivity index (χ3n) is 7.67. The summed E-state index contributed by atoms with van der Waals surface area (Å²) >= 11 is 0. The highest BCUT2D eigenvalue weighted by Gasteiger charge is 2.36. The molecule has 2 fully saturated rings. The molecule has 2 aliphatic rings. The molecule has 1 saturated carbocycles. The number of nitrogens with zero attached hydrogens (tertiary/aromatic N) is 5. The molecule has 2 heterocycles. The number of piperidine rings is 1. The Balaban J connectivity index is 1.19. The zero-order valence-corrected chi connectivity index (χ0v) is 21.6. The van der Waals surface area contributed by atoms with Gasteiger partial charge >= 0.3 is 6.03 Å². The van der Waals surface area contributed by atoms with Crippen LogP contribution in [0.3, 0.4) is 0 Å². The van der Waals surface area contributed by atoms with Gasteiger partial charge in [0.05, 0.1) is 5.92 Å². The molecule has 3 amide bonds. The lowest BCUT2D eigenvalue weighted by molar-refractivity contribution is -0.139. The monoisotopic (exact) mass is 519 g/mol. The summed E-state index contributed by atoms with van der Waals surface area (Å²) in [6.07, 6.45) is 6.37. The predicted octanol–water partition coefficient (Wildman–Crippen LogP) is 4.18. The quantitative estimate of drug-likeness (QED) is 0.509. The van der Waals surface area contributed by atoms with Crippen LogP contribution >= 0.6 is 0 Å². The molecule has 1 aliphatic carbocycles. The van der Waals surface area contributed by atoms with Gasteiger partial charge in [0.2, 0.25) is 5.91 Å². The molecule has 2 aromatic carbocycles. The fraction of sp³-hybridized carbons (Fsp3) is 0.464. The van der Waals surface area contributed by atoms with Crippen molar-refractivity contribution in [3.8, 4) is 11.4 Å². The fourth-order valence-corrected chi connectivity index (χ4v) is 5.77. The molecule has 10 heteroatoms. The number of anilines is 1. The third-order valence-corrected chi connectivity index (χ3v) is 7.67. The molecule has 3 aromatic rings. The molecule has 200 valence electrons. The van der Waals surface area contributed by atoms with E-state index in [2.05, 4.69) is 26.2 Å². The number of amides is 3. The summed E-state index contributed by atoms with van der Waals surface area (Å²) in [7, 11) is 1.76. The molecule has 0 spiro atoms.